The summed E-state index contributed by atoms with van der Waals surface area (Å²) < 4.78 is 10.1. The molecule has 0 saturated heterocycles. The van der Waals surface area contributed by atoms with Gasteiger partial charge in [0.05, 0.1) is 12.7 Å². The van der Waals surface area contributed by atoms with Crippen LogP contribution in [0.4, 0.5) is 0 Å². The predicted molar refractivity (Wildman–Crippen MR) is 96.1 cm³/mol. The first kappa shape index (κ1) is 21.7. The summed E-state index contributed by atoms with van der Waals surface area (Å²) in [6.07, 6.45) is -0.981. The van der Waals surface area contributed by atoms with E-state index in [9.17, 15) is 30.0 Å². The molecule has 1 saturated carbocycles. The van der Waals surface area contributed by atoms with Gasteiger partial charge in [-0.3, -0.25) is 0 Å². The fraction of sp³-hybridized carbons (Fsp3) is 0.474. The molecule has 1 aromatic carbocycles. The first-order valence-electron chi connectivity index (χ1n) is 8.77. The van der Waals surface area contributed by atoms with Crippen LogP contribution in [-0.4, -0.2) is 68.0 Å². The zero-order valence-electron chi connectivity index (χ0n) is 15.3. The van der Waals surface area contributed by atoms with Crippen molar-refractivity contribution in [2.45, 2.75) is 50.1 Å². The van der Waals surface area contributed by atoms with Crippen LogP contribution < -0.4 is 0 Å². The molecular formula is C19H24O9. The molecule has 0 aromatic heterocycles. The van der Waals surface area contributed by atoms with E-state index in [2.05, 4.69) is 0 Å². The smallest absolute Gasteiger partial charge is 0.338 e. The zero-order chi connectivity index (χ0) is 20.9. The van der Waals surface area contributed by atoms with Crippen molar-refractivity contribution in [1.29, 1.82) is 0 Å². The number of ether oxygens (including phenoxy) is 2. The number of aromatic hydroxyl groups is 2. The number of esters is 2. The minimum absolute atomic E-state index is 0.0204. The van der Waals surface area contributed by atoms with Crippen LogP contribution in [0.5, 0.6) is 11.5 Å². The minimum atomic E-state index is -1.93. The molecule has 0 bridgehead atoms. The molecule has 0 amide bonds. The Morgan fingerprint density at radius 2 is 2.04 bits per heavy atom. The van der Waals surface area contributed by atoms with Gasteiger partial charge in [-0.25, -0.2) is 9.59 Å². The maximum absolute atomic E-state index is 12.1. The fourth-order valence-electron chi connectivity index (χ4n) is 2.78. The molecule has 1 aliphatic rings. The van der Waals surface area contributed by atoms with Crippen molar-refractivity contribution >= 4 is 18.0 Å². The summed E-state index contributed by atoms with van der Waals surface area (Å²) in [5.41, 5.74) is -1.51. The van der Waals surface area contributed by atoms with Crippen LogP contribution in [0.25, 0.3) is 6.08 Å². The largest absolute Gasteiger partial charge is 0.504 e. The topological polar surface area (TPSA) is 154 Å². The monoisotopic (exact) mass is 396 g/mol. The molecule has 1 aliphatic carbocycles. The lowest BCUT2D eigenvalue weighted by atomic mass is 9.81. The number of carbonyl (C=O) groups is 2. The number of phenols is 2. The highest BCUT2D eigenvalue weighted by molar-refractivity contribution is 5.87. The maximum atomic E-state index is 12.1. The minimum Gasteiger partial charge on any atom is -0.504 e. The second kappa shape index (κ2) is 9.05. The lowest BCUT2D eigenvalue weighted by molar-refractivity contribution is -0.189. The third-order valence-electron chi connectivity index (χ3n) is 4.45. The number of rotatable bonds is 6. The zero-order valence-corrected chi connectivity index (χ0v) is 15.3. The van der Waals surface area contributed by atoms with E-state index in [0.29, 0.717) is 5.56 Å². The van der Waals surface area contributed by atoms with Crippen molar-refractivity contribution in [3.8, 4) is 11.5 Å². The second-order valence-corrected chi connectivity index (χ2v) is 6.80. The van der Waals surface area contributed by atoms with Gasteiger partial charge in [0.25, 0.3) is 0 Å². The number of phenolic OH excluding ortho intramolecular Hbond substituents is 2. The second-order valence-electron chi connectivity index (χ2n) is 6.80. The summed E-state index contributed by atoms with van der Waals surface area (Å²) in [5, 5.41) is 48.2. The molecule has 0 spiro atoms. The van der Waals surface area contributed by atoms with Gasteiger partial charge in [-0.15, -0.1) is 0 Å². The number of hydrogen-bond donors (Lipinski definition) is 5. The Morgan fingerprint density at radius 1 is 1.32 bits per heavy atom. The molecule has 4 atom stereocenters. The van der Waals surface area contributed by atoms with Gasteiger partial charge >= 0.3 is 11.9 Å². The molecule has 0 aliphatic heterocycles. The average Bonchev–Trinajstić information content (AvgIpc) is 2.65. The van der Waals surface area contributed by atoms with Crippen LogP contribution in [0.15, 0.2) is 24.3 Å². The first-order valence-corrected chi connectivity index (χ1v) is 8.77. The van der Waals surface area contributed by atoms with Crippen LogP contribution in [0.2, 0.25) is 0 Å². The molecule has 1 unspecified atom stereocenters. The molecule has 9 heteroatoms. The summed E-state index contributed by atoms with van der Waals surface area (Å²) >= 11 is 0. The van der Waals surface area contributed by atoms with Gasteiger partial charge < -0.3 is 35.0 Å². The van der Waals surface area contributed by atoms with E-state index in [-0.39, 0.29) is 30.8 Å². The maximum Gasteiger partial charge on any atom is 0.338 e. The Bertz CT molecular complexity index is 745. The molecular weight excluding hydrogens is 372 g/mol. The standard InChI is InChI=1S/C19H24O9/c1-11(10-20)27-18(25)19(26)7-6-14(22)16(9-19)28-17(24)5-3-12-2-4-13(21)15(23)8-12/h2-5,8,11,14,16,20-23,26H,6-7,9-10H2,1H3/b5-3+/t11?,14-,16-,19+/m1/s1. The lowest BCUT2D eigenvalue weighted by Crippen LogP contribution is -2.52. The molecule has 0 heterocycles. The van der Waals surface area contributed by atoms with E-state index in [1.807, 2.05) is 0 Å². The molecule has 9 nitrogen and oxygen atoms in total. The van der Waals surface area contributed by atoms with Crippen LogP contribution in [0.3, 0.4) is 0 Å². The van der Waals surface area contributed by atoms with Crippen LogP contribution in [0.1, 0.15) is 31.7 Å². The molecule has 28 heavy (non-hydrogen) atoms. The number of hydrogen-bond acceptors (Lipinski definition) is 9. The summed E-state index contributed by atoms with van der Waals surface area (Å²) in [7, 11) is 0. The van der Waals surface area contributed by atoms with Crippen molar-refractivity contribution < 1.29 is 44.6 Å². The molecule has 1 fully saturated rings. The normalized spacial score (nSPS) is 26.0. The quantitative estimate of drug-likeness (QED) is 0.258. The molecule has 5 N–H and O–H groups in total. The highest BCUT2D eigenvalue weighted by Gasteiger charge is 2.47. The van der Waals surface area contributed by atoms with Gasteiger partial charge in [0, 0.05) is 12.5 Å². The van der Waals surface area contributed by atoms with Crippen molar-refractivity contribution in [1.82, 2.24) is 0 Å². The van der Waals surface area contributed by atoms with Gasteiger partial charge in [0.2, 0.25) is 0 Å². The number of aliphatic hydroxyl groups is 3. The molecule has 1 aromatic rings. The van der Waals surface area contributed by atoms with Gasteiger partial charge in [-0.2, -0.15) is 0 Å². The molecule has 0 radical (unpaired) electrons. The van der Waals surface area contributed by atoms with E-state index in [1.165, 1.54) is 31.2 Å². The van der Waals surface area contributed by atoms with E-state index >= 15 is 0 Å². The Balaban J connectivity index is 2.00. The van der Waals surface area contributed by atoms with Crippen LogP contribution in [0, 0.1) is 0 Å². The van der Waals surface area contributed by atoms with E-state index in [4.69, 9.17) is 14.6 Å². The highest BCUT2D eigenvalue weighted by atomic mass is 16.6. The fourth-order valence-corrected chi connectivity index (χ4v) is 2.78. The highest BCUT2D eigenvalue weighted by Crippen LogP contribution is 2.32. The number of carbonyl (C=O) groups excluding carboxylic acids is 2. The summed E-state index contributed by atoms with van der Waals surface area (Å²) in [5.74, 6) is -2.42. The van der Waals surface area contributed by atoms with Crippen molar-refractivity contribution in [3.05, 3.63) is 29.8 Å². The SMILES string of the molecule is CC(CO)OC(=O)[C@]1(O)CC[C@@H](O)[C@H](OC(=O)/C=C/c2ccc(O)c(O)c2)C1. The lowest BCUT2D eigenvalue weighted by Gasteiger charge is -2.37. The third-order valence-corrected chi connectivity index (χ3v) is 4.45. The summed E-state index contributed by atoms with van der Waals surface area (Å²) in [6.45, 7) is 1.06. The number of benzene rings is 1. The van der Waals surface area contributed by atoms with Crippen LogP contribution >= 0.6 is 0 Å². The average molecular weight is 396 g/mol. The van der Waals surface area contributed by atoms with E-state index in [1.54, 1.807) is 0 Å². The first-order chi connectivity index (χ1) is 13.1. The predicted octanol–water partition coefficient (Wildman–Crippen LogP) is 0.223. The Kier molecular flexibility index (Phi) is 7.00. The van der Waals surface area contributed by atoms with Crippen molar-refractivity contribution in [2.75, 3.05) is 6.61 Å². The van der Waals surface area contributed by atoms with E-state index < -0.39 is 42.5 Å². The van der Waals surface area contributed by atoms with Crippen molar-refractivity contribution in [3.63, 3.8) is 0 Å². The van der Waals surface area contributed by atoms with Gasteiger partial charge in [0.1, 0.15) is 12.2 Å². The Hall–Kier alpha value is -2.62. The van der Waals surface area contributed by atoms with Crippen molar-refractivity contribution in [2.24, 2.45) is 0 Å². The van der Waals surface area contributed by atoms with Gasteiger partial charge in [-0.1, -0.05) is 6.07 Å². The summed E-state index contributed by atoms with van der Waals surface area (Å²) in [6, 6.07) is 3.96. The Labute approximate surface area is 161 Å². The molecule has 154 valence electrons. The van der Waals surface area contributed by atoms with Crippen LogP contribution in [-0.2, 0) is 19.1 Å². The third kappa shape index (κ3) is 5.44. The van der Waals surface area contributed by atoms with Gasteiger partial charge in [-0.05, 0) is 43.5 Å². The number of aliphatic hydroxyl groups excluding tert-OH is 2. The Morgan fingerprint density at radius 3 is 2.68 bits per heavy atom. The van der Waals surface area contributed by atoms with E-state index in [0.717, 1.165) is 6.08 Å². The summed E-state index contributed by atoms with van der Waals surface area (Å²) in [4.78, 5) is 24.2. The van der Waals surface area contributed by atoms with Gasteiger partial charge in [0.15, 0.2) is 17.1 Å². The molecule has 2 rings (SSSR count).